The van der Waals surface area contributed by atoms with E-state index in [1.54, 1.807) is 29.1 Å². The number of nitriles is 1. The average molecular weight is 482 g/mol. The molecule has 5 rings (SSSR count). The van der Waals surface area contributed by atoms with E-state index in [9.17, 15) is 4.79 Å². The van der Waals surface area contributed by atoms with Gasteiger partial charge in [-0.25, -0.2) is 9.67 Å². The molecule has 8 nitrogen and oxygen atoms in total. The number of nitrogens with one attached hydrogen (secondary N) is 1. The van der Waals surface area contributed by atoms with Crippen molar-refractivity contribution in [3.8, 4) is 23.1 Å². The number of carbonyl (C=O) groups excluding carboxylic acids is 1. The number of rotatable bonds is 6. The van der Waals surface area contributed by atoms with E-state index >= 15 is 0 Å². The van der Waals surface area contributed by atoms with Crippen LogP contribution >= 0.6 is 23.2 Å². The Bertz CT molecular complexity index is 1250. The summed E-state index contributed by atoms with van der Waals surface area (Å²) in [6, 6.07) is 11.2. The van der Waals surface area contributed by atoms with Crippen LogP contribution in [0.3, 0.4) is 0 Å². The Balaban J connectivity index is 1.40. The maximum Gasteiger partial charge on any atom is 0.225 e. The molecule has 1 saturated carbocycles. The van der Waals surface area contributed by atoms with Gasteiger partial charge in [-0.3, -0.25) is 4.79 Å². The highest BCUT2D eigenvalue weighted by molar-refractivity contribution is 6.42. The molecule has 33 heavy (non-hydrogen) atoms. The number of halogens is 2. The third-order valence-corrected chi connectivity index (χ3v) is 6.59. The number of carbonyl (C=O) groups is 1. The van der Waals surface area contributed by atoms with E-state index in [0.29, 0.717) is 34.1 Å². The third kappa shape index (κ3) is 4.65. The SMILES string of the molecule is N#CCc1cc(-c2ccc(Cl)c(Cl)c2)n(-c2ccnc(N[C@@H]3CCN(C(=O)C4CC4)C3)n2)n1. The van der Waals surface area contributed by atoms with E-state index in [1.165, 1.54) is 0 Å². The normalized spacial score (nSPS) is 17.7. The zero-order chi connectivity index (χ0) is 22.9. The second-order valence-corrected chi connectivity index (χ2v) is 9.14. The molecule has 3 heterocycles. The van der Waals surface area contributed by atoms with Gasteiger partial charge in [0.1, 0.15) is 0 Å². The van der Waals surface area contributed by atoms with Crippen molar-refractivity contribution in [2.24, 2.45) is 5.92 Å². The minimum absolute atomic E-state index is 0.101. The van der Waals surface area contributed by atoms with E-state index in [4.69, 9.17) is 28.5 Å². The smallest absolute Gasteiger partial charge is 0.225 e. The summed E-state index contributed by atoms with van der Waals surface area (Å²) in [5.41, 5.74) is 2.17. The second kappa shape index (κ2) is 9.00. The highest BCUT2D eigenvalue weighted by Gasteiger charge is 2.36. The molecule has 10 heteroatoms. The van der Waals surface area contributed by atoms with Crippen LogP contribution in [0, 0.1) is 17.2 Å². The molecule has 0 unspecified atom stereocenters. The molecule has 2 aromatic heterocycles. The number of aromatic nitrogens is 4. The summed E-state index contributed by atoms with van der Waals surface area (Å²) in [6.07, 6.45) is 4.71. The zero-order valence-electron chi connectivity index (χ0n) is 17.7. The quantitative estimate of drug-likeness (QED) is 0.568. The first-order valence-corrected chi connectivity index (χ1v) is 11.6. The Morgan fingerprint density at radius 1 is 1.18 bits per heavy atom. The van der Waals surface area contributed by atoms with Gasteiger partial charge in [-0.15, -0.1) is 0 Å². The van der Waals surface area contributed by atoms with Crippen LogP contribution in [-0.4, -0.2) is 49.7 Å². The lowest BCUT2D eigenvalue weighted by Crippen LogP contribution is -2.32. The molecule has 1 saturated heterocycles. The Labute approximate surface area is 201 Å². The first-order chi connectivity index (χ1) is 16.0. The van der Waals surface area contributed by atoms with Crippen LogP contribution in [0.2, 0.25) is 10.0 Å². The van der Waals surface area contributed by atoms with Crippen LogP contribution in [0.15, 0.2) is 36.5 Å². The fourth-order valence-corrected chi connectivity index (χ4v) is 4.32. The minimum Gasteiger partial charge on any atom is -0.350 e. The molecule has 2 aliphatic rings. The fraction of sp³-hybridized carbons (Fsp3) is 0.348. The van der Waals surface area contributed by atoms with E-state index in [2.05, 4.69) is 26.5 Å². The van der Waals surface area contributed by atoms with Gasteiger partial charge in [0, 0.05) is 42.9 Å². The Kier molecular flexibility index (Phi) is 5.92. The molecule has 3 aromatic rings. The summed E-state index contributed by atoms with van der Waals surface area (Å²) >= 11 is 12.3. The third-order valence-electron chi connectivity index (χ3n) is 5.85. The molecule has 0 spiro atoms. The number of hydrogen-bond acceptors (Lipinski definition) is 6. The molecule has 1 aliphatic heterocycles. The summed E-state index contributed by atoms with van der Waals surface area (Å²) in [5, 5.41) is 18.0. The van der Waals surface area contributed by atoms with Gasteiger partial charge in [0.15, 0.2) is 5.82 Å². The molecule has 1 aliphatic carbocycles. The van der Waals surface area contributed by atoms with Crippen molar-refractivity contribution in [1.82, 2.24) is 24.6 Å². The molecule has 1 aromatic carbocycles. The highest BCUT2D eigenvalue weighted by atomic mass is 35.5. The average Bonchev–Trinajstić information content (AvgIpc) is 3.42. The van der Waals surface area contributed by atoms with E-state index < -0.39 is 0 Å². The second-order valence-electron chi connectivity index (χ2n) is 8.32. The topological polar surface area (TPSA) is 99.7 Å². The summed E-state index contributed by atoms with van der Waals surface area (Å²) in [7, 11) is 0. The number of benzene rings is 1. The maximum atomic E-state index is 12.3. The van der Waals surface area contributed by atoms with Crippen LogP contribution in [0.5, 0.6) is 0 Å². The molecule has 1 N–H and O–H groups in total. The monoisotopic (exact) mass is 481 g/mol. The number of hydrogen-bond donors (Lipinski definition) is 1. The number of amides is 1. The van der Waals surface area contributed by atoms with Crippen molar-refractivity contribution in [3.63, 3.8) is 0 Å². The minimum atomic E-state index is 0.101. The van der Waals surface area contributed by atoms with Crippen LogP contribution in [0.1, 0.15) is 25.0 Å². The van der Waals surface area contributed by atoms with E-state index in [0.717, 1.165) is 37.1 Å². The number of anilines is 1. The summed E-state index contributed by atoms with van der Waals surface area (Å²) < 4.78 is 1.68. The predicted molar refractivity (Wildman–Crippen MR) is 125 cm³/mol. The molecule has 1 atom stereocenters. The summed E-state index contributed by atoms with van der Waals surface area (Å²) in [5.74, 6) is 1.52. The lowest BCUT2D eigenvalue weighted by molar-refractivity contribution is -0.131. The first-order valence-electron chi connectivity index (χ1n) is 10.8. The first kappa shape index (κ1) is 21.7. The Hall–Kier alpha value is -3.15. The lowest BCUT2D eigenvalue weighted by Gasteiger charge is -2.17. The Morgan fingerprint density at radius 3 is 2.79 bits per heavy atom. The lowest BCUT2D eigenvalue weighted by atomic mass is 10.1. The van der Waals surface area contributed by atoms with Crippen molar-refractivity contribution < 1.29 is 4.79 Å². The van der Waals surface area contributed by atoms with Crippen molar-refractivity contribution in [2.45, 2.75) is 31.7 Å². The van der Waals surface area contributed by atoms with Crippen molar-refractivity contribution >= 4 is 35.1 Å². The molecule has 1 amide bonds. The molecular formula is C23H21Cl2N7O. The number of nitrogens with zero attached hydrogens (tertiary/aromatic N) is 6. The van der Waals surface area contributed by atoms with Crippen LogP contribution in [-0.2, 0) is 11.2 Å². The summed E-state index contributed by atoms with van der Waals surface area (Å²) in [6.45, 7) is 1.41. The van der Waals surface area contributed by atoms with Gasteiger partial charge in [-0.1, -0.05) is 29.3 Å². The molecule has 168 valence electrons. The van der Waals surface area contributed by atoms with Gasteiger partial charge in [-0.2, -0.15) is 15.3 Å². The van der Waals surface area contributed by atoms with Crippen molar-refractivity contribution in [2.75, 3.05) is 18.4 Å². The van der Waals surface area contributed by atoms with Crippen molar-refractivity contribution in [3.05, 3.63) is 52.3 Å². The van der Waals surface area contributed by atoms with Gasteiger partial charge in [-0.05, 0) is 37.5 Å². The summed E-state index contributed by atoms with van der Waals surface area (Å²) in [4.78, 5) is 23.3. The van der Waals surface area contributed by atoms with Gasteiger partial charge >= 0.3 is 0 Å². The molecule has 0 radical (unpaired) electrons. The predicted octanol–water partition coefficient (Wildman–Crippen LogP) is 4.12. The van der Waals surface area contributed by atoms with Gasteiger partial charge in [0.2, 0.25) is 11.9 Å². The van der Waals surface area contributed by atoms with E-state index in [-0.39, 0.29) is 24.3 Å². The van der Waals surface area contributed by atoms with Crippen LogP contribution in [0.4, 0.5) is 5.95 Å². The number of likely N-dealkylation sites (tertiary alicyclic amines) is 1. The molecule has 2 fully saturated rings. The standard InChI is InChI=1S/C23H21Cl2N7O/c24-18-4-3-15(11-19(18)25)20-12-16(5-8-26)30-32(20)21-6-9-27-23(29-21)28-17-7-10-31(13-17)22(33)14-1-2-14/h3-4,6,9,11-12,14,17H,1-2,5,7,10,13H2,(H,27,28,29)/t17-/m1/s1. The maximum absolute atomic E-state index is 12.3. The van der Waals surface area contributed by atoms with Crippen LogP contribution in [0.25, 0.3) is 17.1 Å². The van der Waals surface area contributed by atoms with Gasteiger partial charge in [0.25, 0.3) is 0 Å². The Morgan fingerprint density at radius 2 is 2.03 bits per heavy atom. The van der Waals surface area contributed by atoms with Crippen molar-refractivity contribution in [1.29, 1.82) is 5.26 Å². The largest absolute Gasteiger partial charge is 0.350 e. The highest BCUT2D eigenvalue weighted by Crippen LogP contribution is 2.33. The van der Waals surface area contributed by atoms with E-state index in [1.807, 2.05) is 17.0 Å². The van der Waals surface area contributed by atoms with Crippen LogP contribution < -0.4 is 5.32 Å². The van der Waals surface area contributed by atoms with Gasteiger partial charge in [0.05, 0.1) is 33.9 Å². The zero-order valence-corrected chi connectivity index (χ0v) is 19.2. The van der Waals surface area contributed by atoms with Gasteiger partial charge < -0.3 is 10.2 Å². The molecule has 0 bridgehead atoms. The molecular weight excluding hydrogens is 461 g/mol. The fourth-order valence-electron chi connectivity index (χ4n) is 4.02.